The van der Waals surface area contributed by atoms with Crippen LogP contribution >= 0.6 is 11.6 Å². The number of benzene rings is 2. The molecular weight excluding hydrogens is 258 g/mol. The molecule has 0 unspecified atom stereocenters. The zero-order valence-corrected chi connectivity index (χ0v) is 11.3. The van der Waals surface area contributed by atoms with E-state index in [1.165, 1.54) is 11.1 Å². The van der Waals surface area contributed by atoms with Crippen molar-refractivity contribution in [2.45, 2.75) is 25.4 Å². The van der Waals surface area contributed by atoms with E-state index in [1.54, 1.807) is 12.1 Å². The second-order valence-electron chi connectivity index (χ2n) is 4.94. The Hall–Kier alpha value is -1.51. The van der Waals surface area contributed by atoms with Gasteiger partial charge < -0.3 is 10.4 Å². The summed E-state index contributed by atoms with van der Waals surface area (Å²) in [5.74, 6) is 0.295. The largest absolute Gasteiger partial charge is 0.508 e. The van der Waals surface area contributed by atoms with Gasteiger partial charge in [-0.1, -0.05) is 35.9 Å². The molecule has 3 rings (SSSR count). The Morgan fingerprint density at radius 3 is 2.95 bits per heavy atom. The first-order valence-electron chi connectivity index (χ1n) is 6.52. The van der Waals surface area contributed by atoms with E-state index in [4.69, 9.17) is 11.6 Å². The molecule has 0 aliphatic heterocycles. The highest BCUT2D eigenvalue weighted by Crippen LogP contribution is 2.31. The summed E-state index contributed by atoms with van der Waals surface area (Å²) < 4.78 is 0. The van der Waals surface area contributed by atoms with E-state index in [2.05, 4.69) is 29.6 Å². The minimum absolute atomic E-state index is 0.295. The van der Waals surface area contributed by atoms with E-state index < -0.39 is 0 Å². The van der Waals surface area contributed by atoms with Crippen LogP contribution in [0.15, 0.2) is 42.5 Å². The lowest BCUT2D eigenvalue weighted by molar-refractivity contribution is 0.456. The van der Waals surface area contributed by atoms with E-state index in [-0.39, 0.29) is 0 Å². The molecular formula is C16H16ClNO. The van der Waals surface area contributed by atoms with Crippen molar-refractivity contribution in [3.05, 3.63) is 64.2 Å². The fourth-order valence-electron chi connectivity index (χ4n) is 2.70. The number of hydrogen-bond acceptors (Lipinski definition) is 2. The monoisotopic (exact) mass is 273 g/mol. The predicted octanol–water partition coefficient (Wildman–Crippen LogP) is 3.82. The Morgan fingerprint density at radius 2 is 2.05 bits per heavy atom. The number of aryl methyl sites for hydroxylation is 1. The minimum atomic E-state index is 0.295. The third-order valence-corrected chi connectivity index (χ3v) is 3.95. The van der Waals surface area contributed by atoms with Crippen LogP contribution in [0.25, 0.3) is 0 Å². The Kier molecular flexibility index (Phi) is 3.45. The summed E-state index contributed by atoms with van der Waals surface area (Å²) >= 11 is 5.95. The van der Waals surface area contributed by atoms with E-state index in [0.717, 1.165) is 18.4 Å². The number of halogens is 1. The van der Waals surface area contributed by atoms with Crippen LogP contribution in [0.3, 0.4) is 0 Å². The molecule has 2 aromatic carbocycles. The molecule has 0 saturated carbocycles. The van der Waals surface area contributed by atoms with Gasteiger partial charge in [-0.05, 0) is 42.2 Å². The standard InChI is InChI=1S/C16H16ClNO/c17-13-6-8-16(19)12(9-13)10-18-15-7-5-11-3-1-2-4-14(11)15/h1-4,6,8-9,15,18-19H,5,7,10H2/t15-/m1/s1. The van der Waals surface area contributed by atoms with Crippen LogP contribution in [0, 0.1) is 0 Å². The maximum atomic E-state index is 9.81. The molecule has 2 aromatic rings. The number of rotatable bonds is 3. The lowest BCUT2D eigenvalue weighted by Gasteiger charge is -2.15. The summed E-state index contributed by atoms with van der Waals surface area (Å²) in [5, 5.41) is 14.0. The van der Waals surface area contributed by atoms with Crippen molar-refractivity contribution in [1.82, 2.24) is 5.32 Å². The molecule has 0 heterocycles. The molecule has 3 heteroatoms. The van der Waals surface area contributed by atoms with Crippen molar-refractivity contribution >= 4 is 11.6 Å². The maximum absolute atomic E-state index is 9.81. The Balaban J connectivity index is 1.72. The van der Waals surface area contributed by atoms with Gasteiger partial charge in [-0.15, -0.1) is 0 Å². The van der Waals surface area contributed by atoms with Crippen molar-refractivity contribution in [2.75, 3.05) is 0 Å². The molecule has 0 aromatic heterocycles. The van der Waals surface area contributed by atoms with Crippen molar-refractivity contribution < 1.29 is 5.11 Å². The quantitative estimate of drug-likeness (QED) is 0.891. The van der Waals surface area contributed by atoms with Gasteiger partial charge in [-0.25, -0.2) is 0 Å². The minimum Gasteiger partial charge on any atom is -0.508 e. The second-order valence-corrected chi connectivity index (χ2v) is 5.38. The first-order chi connectivity index (χ1) is 9.24. The van der Waals surface area contributed by atoms with Crippen molar-refractivity contribution in [1.29, 1.82) is 0 Å². The summed E-state index contributed by atoms with van der Waals surface area (Å²) in [4.78, 5) is 0. The average Bonchev–Trinajstić information content (AvgIpc) is 2.83. The normalized spacial score (nSPS) is 17.4. The van der Waals surface area contributed by atoms with Gasteiger partial charge >= 0.3 is 0 Å². The van der Waals surface area contributed by atoms with Gasteiger partial charge in [0.15, 0.2) is 0 Å². The molecule has 0 saturated heterocycles. The molecule has 0 spiro atoms. The highest BCUT2D eigenvalue weighted by Gasteiger charge is 2.21. The van der Waals surface area contributed by atoms with Gasteiger partial charge in [0, 0.05) is 23.2 Å². The lowest BCUT2D eigenvalue weighted by atomic mass is 10.1. The summed E-state index contributed by atoms with van der Waals surface area (Å²) in [6, 6.07) is 14.1. The number of phenolic OH excluding ortho intramolecular Hbond substituents is 1. The summed E-state index contributed by atoms with van der Waals surface area (Å²) in [7, 11) is 0. The molecule has 0 bridgehead atoms. The van der Waals surface area contributed by atoms with Crippen LogP contribution in [-0.2, 0) is 13.0 Å². The van der Waals surface area contributed by atoms with Crippen molar-refractivity contribution in [3.63, 3.8) is 0 Å². The molecule has 19 heavy (non-hydrogen) atoms. The van der Waals surface area contributed by atoms with E-state index in [1.807, 2.05) is 6.07 Å². The summed E-state index contributed by atoms with van der Waals surface area (Å²) in [6.45, 7) is 0.630. The van der Waals surface area contributed by atoms with E-state index in [9.17, 15) is 5.11 Å². The van der Waals surface area contributed by atoms with E-state index >= 15 is 0 Å². The van der Waals surface area contributed by atoms with Gasteiger partial charge in [0.25, 0.3) is 0 Å². The Labute approximate surface area is 118 Å². The van der Waals surface area contributed by atoms with E-state index in [0.29, 0.717) is 23.4 Å². The zero-order valence-electron chi connectivity index (χ0n) is 10.6. The molecule has 0 radical (unpaired) electrons. The molecule has 2 N–H and O–H groups in total. The van der Waals surface area contributed by atoms with Gasteiger partial charge in [0.1, 0.15) is 5.75 Å². The van der Waals surface area contributed by atoms with Gasteiger partial charge in [0.05, 0.1) is 0 Å². The van der Waals surface area contributed by atoms with Crippen molar-refractivity contribution in [3.8, 4) is 5.75 Å². The summed E-state index contributed by atoms with van der Waals surface area (Å²) in [5.41, 5.74) is 3.65. The average molecular weight is 274 g/mol. The first kappa shape index (κ1) is 12.5. The lowest BCUT2D eigenvalue weighted by Crippen LogP contribution is -2.18. The molecule has 1 atom stereocenters. The number of hydrogen-bond donors (Lipinski definition) is 2. The third-order valence-electron chi connectivity index (χ3n) is 3.71. The molecule has 1 aliphatic carbocycles. The molecule has 1 aliphatic rings. The molecule has 0 fully saturated rings. The maximum Gasteiger partial charge on any atom is 0.120 e. The van der Waals surface area contributed by atoms with Crippen LogP contribution in [0.1, 0.15) is 29.2 Å². The molecule has 98 valence electrons. The van der Waals surface area contributed by atoms with Gasteiger partial charge in [0.2, 0.25) is 0 Å². The smallest absolute Gasteiger partial charge is 0.120 e. The highest BCUT2D eigenvalue weighted by molar-refractivity contribution is 6.30. The van der Waals surface area contributed by atoms with Crippen molar-refractivity contribution in [2.24, 2.45) is 0 Å². The summed E-state index contributed by atoms with van der Waals surface area (Å²) in [6.07, 6.45) is 2.23. The topological polar surface area (TPSA) is 32.3 Å². The van der Waals surface area contributed by atoms with Gasteiger partial charge in [-0.3, -0.25) is 0 Å². The number of phenols is 1. The number of nitrogens with one attached hydrogen (secondary N) is 1. The van der Waals surface area contributed by atoms with Crippen LogP contribution in [-0.4, -0.2) is 5.11 Å². The van der Waals surface area contributed by atoms with Crippen LogP contribution in [0.4, 0.5) is 0 Å². The predicted molar refractivity (Wildman–Crippen MR) is 77.5 cm³/mol. The first-order valence-corrected chi connectivity index (χ1v) is 6.90. The fourth-order valence-corrected chi connectivity index (χ4v) is 2.89. The number of fused-ring (bicyclic) bond motifs is 1. The Morgan fingerprint density at radius 1 is 1.21 bits per heavy atom. The Bertz CT molecular complexity index is 597. The van der Waals surface area contributed by atoms with Crippen LogP contribution in [0.2, 0.25) is 5.02 Å². The third kappa shape index (κ3) is 2.60. The highest BCUT2D eigenvalue weighted by atomic mass is 35.5. The zero-order chi connectivity index (χ0) is 13.2. The van der Waals surface area contributed by atoms with Crippen LogP contribution in [0.5, 0.6) is 5.75 Å². The van der Waals surface area contributed by atoms with Gasteiger partial charge in [-0.2, -0.15) is 0 Å². The molecule has 2 nitrogen and oxygen atoms in total. The fraction of sp³-hybridized carbons (Fsp3) is 0.250. The molecule has 0 amide bonds. The van der Waals surface area contributed by atoms with Crippen LogP contribution < -0.4 is 5.32 Å². The second kappa shape index (κ2) is 5.24. The SMILES string of the molecule is Oc1ccc(Cl)cc1CN[C@@H]1CCc2ccccc21. The number of aromatic hydroxyl groups is 1.